The molecule has 3 aromatic carbocycles. The van der Waals surface area contributed by atoms with Crippen LogP contribution in [0.15, 0.2) is 72.8 Å². The van der Waals surface area contributed by atoms with Crippen LogP contribution in [0.1, 0.15) is 199 Å². The van der Waals surface area contributed by atoms with Gasteiger partial charge < -0.3 is 19.7 Å². The fourth-order valence-corrected chi connectivity index (χ4v) is 9.04. The van der Waals surface area contributed by atoms with Crippen LogP contribution in [0, 0.1) is 0 Å². The molecule has 3 aliphatic carbocycles. The second-order valence-electron chi connectivity index (χ2n) is 19.4. The number of carboxylic acids is 2. The summed E-state index contributed by atoms with van der Waals surface area (Å²) < 4.78 is 11.4. The van der Waals surface area contributed by atoms with Gasteiger partial charge in [0.2, 0.25) is 0 Å². The fourth-order valence-electron chi connectivity index (χ4n) is 9.04. The van der Waals surface area contributed by atoms with Gasteiger partial charge in [-0.2, -0.15) is 0 Å². The minimum absolute atomic E-state index is 0.00886. The molecule has 0 atom stereocenters. The second kappa shape index (κ2) is 20.8. The van der Waals surface area contributed by atoms with Crippen LogP contribution in [-0.2, 0) is 40.1 Å². The van der Waals surface area contributed by atoms with Crippen molar-refractivity contribution in [3.05, 3.63) is 106 Å². The van der Waals surface area contributed by atoms with Crippen molar-refractivity contribution in [2.45, 2.75) is 179 Å². The molecular weight excluding hydrogens is 785 g/mol. The van der Waals surface area contributed by atoms with Gasteiger partial charge in [0.05, 0.1) is 21.8 Å². The topological polar surface area (TPSA) is 161 Å². The predicted octanol–water partition coefficient (Wildman–Crippen LogP) is 11.5. The molecule has 62 heavy (non-hydrogen) atoms. The summed E-state index contributed by atoms with van der Waals surface area (Å²) in [6.07, 6.45) is 13.9. The van der Waals surface area contributed by atoms with E-state index in [1.54, 1.807) is 55.5 Å². The predicted molar refractivity (Wildman–Crippen MR) is 240 cm³/mol. The first kappa shape index (κ1) is 49.5. The van der Waals surface area contributed by atoms with Crippen molar-refractivity contribution >= 4 is 35.4 Å². The number of carbonyl (C=O) groups excluding carboxylic acids is 4. The quantitative estimate of drug-likeness (QED) is 0.157. The first-order valence-corrected chi connectivity index (χ1v) is 22.3. The molecule has 2 N–H and O–H groups in total. The van der Waals surface area contributed by atoms with Crippen LogP contribution in [-0.4, -0.2) is 56.9 Å². The highest BCUT2D eigenvalue weighted by atomic mass is 16.6. The molecule has 0 aliphatic heterocycles. The lowest BCUT2D eigenvalue weighted by molar-refractivity contribution is -0.164. The average molecular weight is 853 g/mol. The monoisotopic (exact) mass is 852 g/mol. The lowest BCUT2D eigenvalue weighted by Gasteiger charge is -2.37. The zero-order valence-electron chi connectivity index (χ0n) is 38.2. The van der Waals surface area contributed by atoms with Crippen molar-refractivity contribution in [1.82, 2.24) is 0 Å². The van der Waals surface area contributed by atoms with E-state index in [0.29, 0.717) is 24.0 Å². The standard InChI is InChI=1S/C19H26O3.C18H24O4.C15H18O3/c1-14(20)15-8-10-16(11-9-15)19(12-6-5-7-13-19)17(21)22-18(2,3)4;1-17(2,3)22-16(21)18(11-5-4-6-12-18)14-9-7-13(8-10-14)15(19)20;1-11(16)12-5-7-13(8-6-12)15(14(17)18)9-3-2-4-10-15/h8-11H,5-7,12-13H2,1-4H3;7-10H,4-6,11-12H2,1-3H3,(H,19,20);5-8H,2-4,9-10H2,1H3,(H,17,18). The van der Waals surface area contributed by atoms with Crippen LogP contribution in [0.5, 0.6) is 0 Å². The first-order valence-electron chi connectivity index (χ1n) is 22.3. The van der Waals surface area contributed by atoms with Crippen LogP contribution in [0.25, 0.3) is 0 Å². The maximum atomic E-state index is 12.9. The molecule has 3 fully saturated rings. The van der Waals surface area contributed by atoms with Crippen molar-refractivity contribution in [2.75, 3.05) is 0 Å². The fraction of sp³-hybridized carbons (Fsp3) is 0.538. The van der Waals surface area contributed by atoms with Crippen molar-refractivity contribution < 1.29 is 48.5 Å². The van der Waals surface area contributed by atoms with E-state index in [1.807, 2.05) is 65.8 Å². The molecule has 3 saturated carbocycles. The normalized spacial score (nSPS) is 17.9. The number of hydrogen-bond donors (Lipinski definition) is 2. The zero-order valence-corrected chi connectivity index (χ0v) is 38.2. The summed E-state index contributed by atoms with van der Waals surface area (Å²) in [7, 11) is 0. The highest BCUT2D eigenvalue weighted by molar-refractivity contribution is 5.95. The number of aliphatic carboxylic acids is 1. The minimum Gasteiger partial charge on any atom is -0.481 e. The molecule has 10 heteroatoms. The molecule has 0 bridgehead atoms. The molecule has 3 aliphatic rings. The number of Topliss-reactive ketones (excluding diaryl/α,β-unsaturated/α-hetero) is 2. The van der Waals surface area contributed by atoms with Gasteiger partial charge in [-0.15, -0.1) is 0 Å². The van der Waals surface area contributed by atoms with E-state index in [1.165, 1.54) is 6.92 Å². The van der Waals surface area contributed by atoms with Gasteiger partial charge in [0.25, 0.3) is 0 Å². The van der Waals surface area contributed by atoms with Gasteiger partial charge in [0.1, 0.15) is 11.2 Å². The summed E-state index contributed by atoms with van der Waals surface area (Å²) >= 11 is 0. The third-order valence-corrected chi connectivity index (χ3v) is 12.5. The Hall–Kier alpha value is -5.12. The molecule has 0 radical (unpaired) electrons. The van der Waals surface area contributed by atoms with Crippen LogP contribution in [0.2, 0.25) is 0 Å². The number of carboxylic acid groups (broad SMARTS) is 2. The smallest absolute Gasteiger partial charge is 0.335 e. The molecule has 0 saturated heterocycles. The Kier molecular flexibility index (Phi) is 16.6. The summed E-state index contributed by atoms with van der Waals surface area (Å²) in [6, 6.07) is 21.2. The molecular formula is C52H68O10. The maximum absolute atomic E-state index is 12.9. The number of hydrogen-bond acceptors (Lipinski definition) is 8. The van der Waals surface area contributed by atoms with E-state index in [-0.39, 0.29) is 29.1 Å². The van der Waals surface area contributed by atoms with Gasteiger partial charge in [-0.3, -0.25) is 24.0 Å². The summed E-state index contributed by atoms with van der Waals surface area (Å²) in [5, 5.41) is 18.6. The van der Waals surface area contributed by atoms with E-state index in [2.05, 4.69) is 0 Å². The SMILES string of the molecule is CC(=O)c1ccc(C2(C(=O)O)CCCCC2)cc1.CC(=O)c1ccc(C2(C(=O)OC(C)(C)C)CCCCC2)cc1.CC(C)(C)OC(=O)C1(c2ccc(C(=O)O)cc2)CCCCC1. The Morgan fingerprint density at radius 2 is 0.677 bits per heavy atom. The zero-order chi connectivity index (χ0) is 45.9. The van der Waals surface area contributed by atoms with E-state index in [0.717, 1.165) is 100 Å². The van der Waals surface area contributed by atoms with E-state index < -0.39 is 39.4 Å². The van der Waals surface area contributed by atoms with Crippen molar-refractivity contribution in [3.8, 4) is 0 Å². The number of ketones is 2. The number of carbonyl (C=O) groups is 6. The van der Waals surface area contributed by atoms with Crippen LogP contribution < -0.4 is 0 Å². The van der Waals surface area contributed by atoms with Gasteiger partial charge in [-0.25, -0.2) is 4.79 Å². The summed E-state index contributed by atoms with van der Waals surface area (Å²) in [5.74, 6) is -1.96. The Morgan fingerprint density at radius 3 is 0.919 bits per heavy atom. The Bertz CT molecular complexity index is 1910. The maximum Gasteiger partial charge on any atom is 0.335 e. The summed E-state index contributed by atoms with van der Waals surface area (Å²) in [4.78, 5) is 71.0. The minimum atomic E-state index is -0.957. The number of aromatic carboxylic acids is 1. The molecule has 0 spiro atoms. The van der Waals surface area contributed by atoms with Crippen molar-refractivity contribution in [2.24, 2.45) is 0 Å². The number of benzene rings is 3. The Morgan fingerprint density at radius 1 is 0.419 bits per heavy atom. The lowest BCUT2D eigenvalue weighted by Crippen LogP contribution is -2.42. The third-order valence-electron chi connectivity index (χ3n) is 12.5. The first-order chi connectivity index (χ1) is 29.0. The van der Waals surface area contributed by atoms with Crippen LogP contribution >= 0.6 is 0 Å². The van der Waals surface area contributed by atoms with E-state index in [9.17, 15) is 33.9 Å². The molecule has 0 heterocycles. The van der Waals surface area contributed by atoms with Crippen molar-refractivity contribution in [3.63, 3.8) is 0 Å². The van der Waals surface area contributed by atoms with Gasteiger partial charge >= 0.3 is 23.9 Å². The molecule has 336 valence electrons. The highest BCUT2D eigenvalue weighted by Gasteiger charge is 2.45. The molecule has 10 nitrogen and oxygen atoms in total. The van der Waals surface area contributed by atoms with Crippen LogP contribution in [0.4, 0.5) is 0 Å². The third kappa shape index (κ3) is 12.5. The molecule has 0 aromatic heterocycles. The average Bonchev–Trinajstić information content (AvgIpc) is 3.23. The number of rotatable bonds is 9. The molecule has 0 amide bonds. The number of esters is 2. The second-order valence-corrected chi connectivity index (χ2v) is 19.4. The lowest BCUT2D eigenvalue weighted by atomic mass is 9.69. The van der Waals surface area contributed by atoms with E-state index >= 15 is 0 Å². The Balaban J connectivity index is 0.000000206. The Labute approximate surface area is 368 Å². The number of ether oxygens (including phenoxy) is 2. The van der Waals surface area contributed by atoms with Gasteiger partial charge in [0.15, 0.2) is 11.6 Å². The van der Waals surface area contributed by atoms with Gasteiger partial charge in [-0.05, 0) is 123 Å². The highest BCUT2D eigenvalue weighted by Crippen LogP contribution is 2.43. The summed E-state index contributed by atoms with van der Waals surface area (Å²) in [6.45, 7) is 14.4. The molecule has 6 rings (SSSR count). The van der Waals surface area contributed by atoms with Gasteiger partial charge in [-0.1, -0.05) is 118 Å². The summed E-state index contributed by atoms with van der Waals surface area (Å²) in [5.41, 5.74) is 1.28. The van der Waals surface area contributed by atoms with Crippen LogP contribution in [0.3, 0.4) is 0 Å². The largest absolute Gasteiger partial charge is 0.481 e. The van der Waals surface area contributed by atoms with Crippen molar-refractivity contribution in [1.29, 1.82) is 0 Å². The molecule has 3 aromatic rings. The van der Waals surface area contributed by atoms with Gasteiger partial charge in [0, 0.05) is 11.1 Å². The van der Waals surface area contributed by atoms with E-state index in [4.69, 9.17) is 14.6 Å². The molecule has 0 unspecified atom stereocenters.